The third-order valence-electron chi connectivity index (χ3n) is 3.62. The van der Waals surface area contributed by atoms with Crippen molar-refractivity contribution in [3.8, 4) is 22.8 Å². The van der Waals surface area contributed by atoms with E-state index in [4.69, 9.17) is 20.8 Å². The van der Waals surface area contributed by atoms with Crippen LogP contribution in [-0.2, 0) is 6.61 Å². The first-order chi connectivity index (χ1) is 11.6. The van der Waals surface area contributed by atoms with E-state index in [0.717, 1.165) is 5.56 Å². The molecule has 0 spiro atoms. The second-order valence-electron chi connectivity index (χ2n) is 5.30. The number of hydrogen-bond acceptors (Lipinski definition) is 4. The maximum atomic E-state index is 12.2. The van der Waals surface area contributed by atoms with Crippen molar-refractivity contribution in [1.82, 2.24) is 0 Å². The molecule has 0 aliphatic carbocycles. The summed E-state index contributed by atoms with van der Waals surface area (Å²) in [7, 11) is 0. The summed E-state index contributed by atoms with van der Waals surface area (Å²) in [4.78, 5) is 12.2. The Hall–Kier alpha value is -2.72. The summed E-state index contributed by atoms with van der Waals surface area (Å²) in [5, 5.41) is 10.9. The average molecular weight is 343 g/mol. The van der Waals surface area contributed by atoms with Crippen LogP contribution < -0.4 is 10.4 Å². The van der Waals surface area contributed by atoms with E-state index < -0.39 is 5.63 Å². The molecule has 0 aliphatic rings. The zero-order valence-electron chi connectivity index (χ0n) is 13.0. The molecule has 0 unspecified atom stereocenters. The predicted molar refractivity (Wildman–Crippen MR) is 92.6 cm³/mol. The summed E-state index contributed by atoms with van der Waals surface area (Å²) in [6, 6.07) is 16.2. The van der Waals surface area contributed by atoms with Gasteiger partial charge in [-0.3, -0.25) is 0 Å². The first-order valence-electron chi connectivity index (χ1n) is 7.35. The highest BCUT2D eigenvalue weighted by Gasteiger charge is 2.19. The van der Waals surface area contributed by atoms with Crippen LogP contribution in [-0.4, -0.2) is 5.11 Å². The molecule has 3 aromatic rings. The molecule has 1 N–H and O–H groups in total. The van der Waals surface area contributed by atoms with Crippen LogP contribution in [0.25, 0.3) is 11.3 Å². The Morgan fingerprint density at radius 3 is 2.42 bits per heavy atom. The van der Waals surface area contributed by atoms with Gasteiger partial charge in [-0.1, -0.05) is 41.9 Å². The van der Waals surface area contributed by atoms with E-state index in [1.54, 1.807) is 31.2 Å². The molecule has 0 atom stereocenters. The van der Waals surface area contributed by atoms with Gasteiger partial charge in [0, 0.05) is 16.1 Å². The lowest BCUT2D eigenvalue weighted by Crippen LogP contribution is -2.09. The minimum absolute atomic E-state index is 0.166. The van der Waals surface area contributed by atoms with Crippen molar-refractivity contribution in [2.24, 2.45) is 0 Å². The van der Waals surface area contributed by atoms with Gasteiger partial charge in [-0.05, 0) is 36.8 Å². The molecule has 0 amide bonds. The Bertz CT molecular complexity index is 899. The van der Waals surface area contributed by atoms with Gasteiger partial charge in [0.25, 0.3) is 0 Å². The minimum atomic E-state index is -0.723. The number of halogens is 1. The SMILES string of the molecule is Cc1c(-c2ccc(Cl)cc2)oc(=O)c(OCc2ccccc2)c1O. The molecule has 0 saturated heterocycles. The Kier molecular flexibility index (Phi) is 4.58. The van der Waals surface area contributed by atoms with Gasteiger partial charge < -0.3 is 14.3 Å². The summed E-state index contributed by atoms with van der Waals surface area (Å²) in [5.41, 5.74) is 1.24. The van der Waals surface area contributed by atoms with Crippen LogP contribution in [0.1, 0.15) is 11.1 Å². The molecule has 3 rings (SSSR count). The summed E-state index contributed by atoms with van der Waals surface area (Å²) in [6.45, 7) is 1.83. The van der Waals surface area contributed by atoms with Crippen LogP contribution in [0.2, 0.25) is 5.02 Å². The number of hydrogen-bond donors (Lipinski definition) is 1. The molecule has 1 aromatic heterocycles. The summed E-state index contributed by atoms with van der Waals surface area (Å²) >= 11 is 5.86. The first kappa shape index (κ1) is 16.1. The molecule has 0 aliphatic heterocycles. The third kappa shape index (κ3) is 3.29. The minimum Gasteiger partial charge on any atom is -0.504 e. The second-order valence-corrected chi connectivity index (χ2v) is 5.74. The van der Waals surface area contributed by atoms with Crippen molar-refractivity contribution in [3.05, 3.63) is 81.2 Å². The summed E-state index contributed by atoms with van der Waals surface area (Å²) in [6.07, 6.45) is 0. The zero-order valence-corrected chi connectivity index (χ0v) is 13.7. The van der Waals surface area contributed by atoms with Gasteiger partial charge in [0.1, 0.15) is 12.4 Å². The fraction of sp³-hybridized carbons (Fsp3) is 0.105. The normalized spacial score (nSPS) is 10.6. The lowest BCUT2D eigenvalue weighted by Gasteiger charge is -2.11. The highest BCUT2D eigenvalue weighted by molar-refractivity contribution is 6.30. The number of rotatable bonds is 4. The average Bonchev–Trinajstić information content (AvgIpc) is 2.60. The lowest BCUT2D eigenvalue weighted by molar-refractivity contribution is 0.270. The largest absolute Gasteiger partial charge is 0.504 e. The van der Waals surface area contributed by atoms with Crippen LogP contribution in [0, 0.1) is 6.92 Å². The molecule has 0 fully saturated rings. The molecule has 122 valence electrons. The molecule has 5 heteroatoms. The van der Waals surface area contributed by atoms with Crippen molar-refractivity contribution in [2.45, 2.75) is 13.5 Å². The van der Waals surface area contributed by atoms with E-state index in [1.807, 2.05) is 30.3 Å². The van der Waals surface area contributed by atoms with Crippen molar-refractivity contribution < 1.29 is 14.3 Å². The van der Waals surface area contributed by atoms with E-state index in [0.29, 0.717) is 21.9 Å². The Morgan fingerprint density at radius 1 is 1.08 bits per heavy atom. The Balaban J connectivity index is 1.94. The van der Waals surface area contributed by atoms with Crippen LogP contribution in [0.15, 0.2) is 63.8 Å². The smallest absolute Gasteiger partial charge is 0.383 e. The molecule has 0 bridgehead atoms. The fourth-order valence-corrected chi connectivity index (χ4v) is 2.45. The van der Waals surface area contributed by atoms with Gasteiger partial charge in [-0.2, -0.15) is 0 Å². The van der Waals surface area contributed by atoms with Crippen molar-refractivity contribution in [3.63, 3.8) is 0 Å². The van der Waals surface area contributed by atoms with E-state index in [9.17, 15) is 9.90 Å². The molecule has 0 radical (unpaired) electrons. The monoisotopic (exact) mass is 342 g/mol. The van der Waals surface area contributed by atoms with Gasteiger partial charge in [0.05, 0.1) is 0 Å². The maximum absolute atomic E-state index is 12.2. The lowest BCUT2D eigenvalue weighted by atomic mass is 10.1. The molecule has 0 saturated carbocycles. The summed E-state index contributed by atoms with van der Waals surface area (Å²) < 4.78 is 10.8. The van der Waals surface area contributed by atoms with Crippen LogP contribution >= 0.6 is 11.6 Å². The molecule has 4 nitrogen and oxygen atoms in total. The fourth-order valence-electron chi connectivity index (χ4n) is 2.32. The molecule has 2 aromatic carbocycles. The first-order valence-corrected chi connectivity index (χ1v) is 7.73. The van der Waals surface area contributed by atoms with Crippen LogP contribution in [0.5, 0.6) is 11.5 Å². The number of ether oxygens (including phenoxy) is 1. The van der Waals surface area contributed by atoms with Gasteiger partial charge >= 0.3 is 5.63 Å². The maximum Gasteiger partial charge on any atom is 0.383 e. The van der Waals surface area contributed by atoms with E-state index in [-0.39, 0.29) is 18.1 Å². The van der Waals surface area contributed by atoms with Gasteiger partial charge in [-0.15, -0.1) is 0 Å². The highest BCUT2D eigenvalue weighted by Crippen LogP contribution is 2.34. The predicted octanol–water partition coefficient (Wildman–Crippen LogP) is 4.55. The number of aromatic hydroxyl groups is 1. The van der Waals surface area contributed by atoms with Crippen molar-refractivity contribution in [1.29, 1.82) is 0 Å². The Morgan fingerprint density at radius 2 is 1.75 bits per heavy atom. The van der Waals surface area contributed by atoms with Crippen LogP contribution in [0.4, 0.5) is 0 Å². The quantitative estimate of drug-likeness (QED) is 0.755. The summed E-state index contributed by atoms with van der Waals surface area (Å²) in [5.74, 6) is -0.109. The van der Waals surface area contributed by atoms with Gasteiger partial charge in [-0.25, -0.2) is 4.79 Å². The van der Waals surface area contributed by atoms with E-state index in [1.165, 1.54) is 0 Å². The standard InChI is InChI=1S/C19H15ClO4/c1-12-16(21)18(23-11-13-5-3-2-4-6-13)19(22)24-17(12)14-7-9-15(20)10-8-14/h2-10,21H,11H2,1H3. The van der Waals surface area contributed by atoms with Crippen molar-refractivity contribution >= 4 is 11.6 Å². The topological polar surface area (TPSA) is 59.7 Å². The van der Waals surface area contributed by atoms with Gasteiger partial charge in [0.15, 0.2) is 5.75 Å². The highest BCUT2D eigenvalue weighted by atomic mass is 35.5. The van der Waals surface area contributed by atoms with Gasteiger partial charge in [0.2, 0.25) is 5.75 Å². The Labute approximate surface area is 143 Å². The molecule has 24 heavy (non-hydrogen) atoms. The zero-order chi connectivity index (χ0) is 17.1. The van der Waals surface area contributed by atoms with Crippen molar-refractivity contribution in [2.75, 3.05) is 0 Å². The molecule has 1 heterocycles. The van der Waals surface area contributed by atoms with E-state index >= 15 is 0 Å². The van der Waals surface area contributed by atoms with Crippen LogP contribution in [0.3, 0.4) is 0 Å². The second kappa shape index (κ2) is 6.81. The third-order valence-corrected chi connectivity index (χ3v) is 3.88. The number of benzene rings is 2. The van der Waals surface area contributed by atoms with E-state index in [2.05, 4.69) is 0 Å². The molecular formula is C19H15ClO4. The molecular weight excluding hydrogens is 328 g/mol.